The van der Waals surface area contributed by atoms with Gasteiger partial charge in [-0.2, -0.15) is 22.0 Å². The molecule has 4 nitrogen and oxygen atoms in total. The van der Waals surface area contributed by atoms with E-state index in [2.05, 4.69) is 10.1 Å². The third-order valence-electron chi connectivity index (χ3n) is 1.95. The fourth-order valence-electron chi connectivity index (χ4n) is 1.27. The molecule has 0 atom stereocenters. The van der Waals surface area contributed by atoms with Crippen LogP contribution in [-0.2, 0) is 4.79 Å². The number of amides is 1. The molecule has 0 fully saturated rings. The van der Waals surface area contributed by atoms with E-state index in [0.717, 1.165) is 6.07 Å². The first-order chi connectivity index (χ1) is 9.26. The maximum absolute atomic E-state index is 12.0. The minimum Gasteiger partial charge on any atom is -0.435 e. The number of anilines is 1. The topological polar surface area (TPSA) is 50.4 Å². The van der Waals surface area contributed by atoms with Gasteiger partial charge in [0.2, 0.25) is 5.91 Å². The maximum Gasteiger partial charge on any atom is 0.401 e. The number of hydrogen-bond donors (Lipinski definition) is 2. The normalized spacial score (nSPS) is 11.5. The zero-order valence-electron chi connectivity index (χ0n) is 10.0. The average Bonchev–Trinajstić information content (AvgIpc) is 2.26. The minimum atomic E-state index is -4.41. The first kappa shape index (κ1) is 16.2. The van der Waals surface area contributed by atoms with E-state index in [-0.39, 0.29) is 11.4 Å². The van der Waals surface area contributed by atoms with E-state index in [1.165, 1.54) is 18.2 Å². The molecule has 112 valence electrons. The monoisotopic (exact) mass is 298 g/mol. The van der Waals surface area contributed by atoms with Gasteiger partial charge in [0.15, 0.2) is 0 Å². The fourth-order valence-corrected chi connectivity index (χ4v) is 1.27. The van der Waals surface area contributed by atoms with Crippen LogP contribution in [0, 0.1) is 0 Å². The van der Waals surface area contributed by atoms with Crippen LogP contribution in [0.25, 0.3) is 0 Å². The molecule has 0 spiro atoms. The molecule has 0 aromatic heterocycles. The number of benzene rings is 1. The summed E-state index contributed by atoms with van der Waals surface area (Å²) in [6.07, 6.45) is -4.41. The highest BCUT2D eigenvalue weighted by Gasteiger charge is 2.26. The number of hydrogen-bond acceptors (Lipinski definition) is 3. The number of rotatable bonds is 6. The van der Waals surface area contributed by atoms with Crippen LogP contribution in [0.1, 0.15) is 0 Å². The van der Waals surface area contributed by atoms with Crippen molar-refractivity contribution >= 4 is 11.6 Å². The highest BCUT2D eigenvalue weighted by Crippen LogP contribution is 2.19. The Bertz CT molecular complexity index is 451. The molecule has 9 heteroatoms. The smallest absolute Gasteiger partial charge is 0.401 e. The molecular weight excluding hydrogens is 287 g/mol. The number of nitrogens with one attached hydrogen (secondary N) is 2. The van der Waals surface area contributed by atoms with Gasteiger partial charge in [0, 0.05) is 11.8 Å². The van der Waals surface area contributed by atoms with Crippen LogP contribution in [0.5, 0.6) is 5.75 Å². The second kappa shape index (κ2) is 7.04. The van der Waals surface area contributed by atoms with Crippen molar-refractivity contribution in [3.63, 3.8) is 0 Å². The molecule has 0 saturated heterocycles. The largest absolute Gasteiger partial charge is 0.435 e. The second-order valence-corrected chi connectivity index (χ2v) is 3.67. The van der Waals surface area contributed by atoms with Gasteiger partial charge in [-0.1, -0.05) is 6.07 Å². The van der Waals surface area contributed by atoms with Gasteiger partial charge in [0.05, 0.1) is 13.1 Å². The van der Waals surface area contributed by atoms with Crippen LogP contribution in [0.2, 0.25) is 0 Å². The summed E-state index contributed by atoms with van der Waals surface area (Å²) in [5.74, 6) is -0.899. The van der Waals surface area contributed by atoms with Crippen molar-refractivity contribution in [2.75, 3.05) is 18.4 Å². The van der Waals surface area contributed by atoms with Gasteiger partial charge in [0.1, 0.15) is 5.75 Å². The molecule has 1 rings (SSSR count). The Hall–Kier alpha value is -1.90. The van der Waals surface area contributed by atoms with Crippen LogP contribution in [0.15, 0.2) is 24.3 Å². The SMILES string of the molecule is O=C(CNCC(F)(F)F)Nc1cccc(OC(F)F)c1. The highest BCUT2D eigenvalue weighted by molar-refractivity contribution is 5.92. The minimum absolute atomic E-state index is 0.141. The predicted molar refractivity (Wildman–Crippen MR) is 60.6 cm³/mol. The van der Waals surface area contributed by atoms with Crippen LogP contribution in [0.3, 0.4) is 0 Å². The number of carbonyl (C=O) groups excluding carboxylic acids is 1. The third kappa shape index (κ3) is 6.88. The molecule has 1 amide bonds. The standard InChI is InChI=1S/C11H11F5N2O2/c12-10(13)20-8-3-1-2-7(4-8)18-9(19)5-17-6-11(14,15)16/h1-4,10,17H,5-6H2,(H,18,19). The molecule has 1 aromatic rings. The van der Waals surface area contributed by atoms with E-state index < -0.39 is 31.8 Å². The van der Waals surface area contributed by atoms with E-state index in [0.29, 0.717) is 0 Å². The molecule has 2 N–H and O–H groups in total. The number of alkyl halides is 5. The summed E-state index contributed by atoms with van der Waals surface area (Å²) in [5.41, 5.74) is 0.141. The van der Waals surface area contributed by atoms with Crippen LogP contribution in [0.4, 0.5) is 27.6 Å². The molecule has 0 unspecified atom stereocenters. The van der Waals surface area contributed by atoms with Gasteiger partial charge in [-0.05, 0) is 12.1 Å². The Balaban J connectivity index is 2.45. The van der Waals surface area contributed by atoms with Crippen molar-refractivity contribution in [3.05, 3.63) is 24.3 Å². The van der Waals surface area contributed by atoms with Gasteiger partial charge in [-0.3, -0.25) is 4.79 Å². The lowest BCUT2D eigenvalue weighted by Crippen LogP contribution is -2.35. The lowest BCUT2D eigenvalue weighted by molar-refractivity contribution is -0.126. The quantitative estimate of drug-likeness (QED) is 0.793. The van der Waals surface area contributed by atoms with Gasteiger partial charge >= 0.3 is 12.8 Å². The molecule has 0 aliphatic carbocycles. The zero-order valence-corrected chi connectivity index (χ0v) is 10.0. The summed E-state index contributed by atoms with van der Waals surface area (Å²) in [5, 5.41) is 4.15. The van der Waals surface area contributed by atoms with Crippen molar-refractivity contribution in [1.82, 2.24) is 5.32 Å². The number of ether oxygens (including phenoxy) is 1. The van der Waals surface area contributed by atoms with Gasteiger partial charge in [-0.15, -0.1) is 0 Å². The van der Waals surface area contributed by atoms with Gasteiger partial charge in [0.25, 0.3) is 0 Å². The van der Waals surface area contributed by atoms with E-state index >= 15 is 0 Å². The number of carbonyl (C=O) groups is 1. The molecule has 0 heterocycles. The van der Waals surface area contributed by atoms with Crippen molar-refractivity contribution in [2.45, 2.75) is 12.8 Å². The number of halogens is 5. The molecule has 0 aliphatic heterocycles. The molecule has 0 radical (unpaired) electrons. The van der Waals surface area contributed by atoms with Crippen molar-refractivity contribution in [3.8, 4) is 5.75 Å². The Morgan fingerprint density at radius 2 is 2.00 bits per heavy atom. The summed E-state index contributed by atoms with van der Waals surface area (Å²) in [6.45, 7) is -4.86. The Morgan fingerprint density at radius 3 is 2.60 bits per heavy atom. The van der Waals surface area contributed by atoms with Crippen LogP contribution < -0.4 is 15.4 Å². The fraction of sp³-hybridized carbons (Fsp3) is 0.364. The van der Waals surface area contributed by atoms with E-state index in [1.54, 1.807) is 0 Å². The average molecular weight is 298 g/mol. The van der Waals surface area contributed by atoms with Crippen LogP contribution in [-0.4, -0.2) is 31.8 Å². The Kier molecular flexibility index (Phi) is 5.68. The molecule has 0 bridgehead atoms. The molecular formula is C11H11F5N2O2. The van der Waals surface area contributed by atoms with Crippen molar-refractivity contribution < 1.29 is 31.5 Å². The molecule has 0 saturated carbocycles. The lowest BCUT2D eigenvalue weighted by Gasteiger charge is -2.10. The van der Waals surface area contributed by atoms with E-state index in [1.807, 2.05) is 5.32 Å². The molecule has 0 aliphatic rings. The van der Waals surface area contributed by atoms with E-state index in [4.69, 9.17) is 0 Å². The lowest BCUT2D eigenvalue weighted by atomic mass is 10.3. The summed E-state index contributed by atoms with van der Waals surface area (Å²) < 4.78 is 63.5. The molecule has 20 heavy (non-hydrogen) atoms. The maximum atomic E-state index is 12.0. The molecule has 1 aromatic carbocycles. The summed E-state index contributed by atoms with van der Waals surface area (Å²) >= 11 is 0. The van der Waals surface area contributed by atoms with Crippen LogP contribution >= 0.6 is 0 Å². The van der Waals surface area contributed by atoms with Gasteiger partial charge in [-0.25, -0.2) is 0 Å². The Labute approximate surface area is 110 Å². The highest BCUT2D eigenvalue weighted by atomic mass is 19.4. The second-order valence-electron chi connectivity index (χ2n) is 3.67. The summed E-state index contributed by atoms with van der Waals surface area (Å²) in [4.78, 5) is 11.3. The van der Waals surface area contributed by atoms with Crippen molar-refractivity contribution in [2.24, 2.45) is 0 Å². The summed E-state index contributed by atoms with van der Waals surface area (Å²) in [7, 11) is 0. The van der Waals surface area contributed by atoms with Gasteiger partial charge < -0.3 is 15.4 Å². The zero-order chi connectivity index (χ0) is 15.2. The van der Waals surface area contributed by atoms with Crippen molar-refractivity contribution in [1.29, 1.82) is 0 Å². The first-order valence-electron chi connectivity index (χ1n) is 5.38. The first-order valence-corrected chi connectivity index (χ1v) is 5.38. The summed E-state index contributed by atoms with van der Waals surface area (Å²) in [6, 6.07) is 5.13. The van der Waals surface area contributed by atoms with E-state index in [9.17, 15) is 26.7 Å². The Morgan fingerprint density at radius 1 is 1.30 bits per heavy atom. The third-order valence-corrected chi connectivity index (χ3v) is 1.95. The predicted octanol–water partition coefficient (Wildman–Crippen LogP) is 2.38.